The lowest BCUT2D eigenvalue weighted by molar-refractivity contribution is 0.126. The third-order valence-corrected chi connectivity index (χ3v) is 5.55. The van der Waals surface area contributed by atoms with Crippen molar-refractivity contribution in [3.63, 3.8) is 0 Å². The van der Waals surface area contributed by atoms with E-state index in [1.165, 1.54) is 0 Å². The second-order valence-electron chi connectivity index (χ2n) is 7.75. The van der Waals surface area contributed by atoms with Crippen LogP contribution in [-0.2, 0) is 11.3 Å². The molecule has 0 aromatic carbocycles. The first-order valence-corrected chi connectivity index (χ1v) is 11.0. The minimum Gasteiger partial charge on any atom is -0.481 e. The number of hydrogen-bond acceptors (Lipinski definition) is 9. The maximum atomic E-state index is 13.4. The maximum absolute atomic E-state index is 13.4. The van der Waals surface area contributed by atoms with Crippen LogP contribution in [0, 0.1) is 0 Å². The minimum atomic E-state index is -1.06. The zero-order valence-corrected chi connectivity index (χ0v) is 19.2. The molecule has 0 aliphatic heterocycles. The predicted molar refractivity (Wildman–Crippen MR) is 126 cm³/mol. The number of methoxy groups -OCH3 is 1. The van der Waals surface area contributed by atoms with Crippen molar-refractivity contribution in [2.75, 3.05) is 38.9 Å². The van der Waals surface area contributed by atoms with E-state index in [1.54, 1.807) is 36.2 Å². The van der Waals surface area contributed by atoms with Gasteiger partial charge in [-0.25, -0.2) is 9.97 Å². The summed E-state index contributed by atoms with van der Waals surface area (Å²) >= 11 is 0. The molecule has 10 heteroatoms. The van der Waals surface area contributed by atoms with E-state index < -0.39 is 5.54 Å². The fraction of sp³-hybridized carbons (Fsp3) is 0.478. The summed E-state index contributed by atoms with van der Waals surface area (Å²) in [5, 5.41) is 22.6. The third kappa shape index (κ3) is 5.47. The number of hydrogen-bond donors (Lipinski definition) is 3. The van der Waals surface area contributed by atoms with Gasteiger partial charge in [-0.05, 0) is 25.0 Å². The van der Waals surface area contributed by atoms with Crippen LogP contribution in [-0.4, -0.2) is 68.8 Å². The maximum Gasteiger partial charge on any atom is 0.293 e. The highest BCUT2D eigenvalue weighted by molar-refractivity contribution is 5.80. The molecule has 0 saturated heterocycles. The number of nitrogens with zero attached hydrogens (tertiary/aromatic N) is 4. The number of rotatable bonds is 12. The molecule has 0 radical (unpaired) electrons. The van der Waals surface area contributed by atoms with Crippen LogP contribution in [0.2, 0.25) is 0 Å². The molecule has 0 fully saturated rings. The van der Waals surface area contributed by atoms with Crippen LogP contribution < -0.4 is 15.6 Å². The summed E-state index contributed by atoms with van der Waals surface area (Å²) in [6.45, 7) is 4.41. The highest BCUT2D eigenvalue weighted by Crippen LogP contribution is 2.23. The number of nitrogens with one attached hydrogen (secondary N) is 1. The first kappa shape index (κ1) is 24.6. The van der Waals surface area contributed by atoms with Crippen LogP contribution in [0.15, 0.2) is 35.4 Å². The minimum absolute atomic E-state index is 0.0450. The Morgan fingerprint density at radius 1 is 1.12 bits per heavy atom. The average Bonchev–Trinajstić information content (AvgIpc) is 2.86. The van der Waals surface area contributed by atoms with E-state index in [2.05, 4.69) is 20.3 Å². The molecule has 0 saturated carbocycles. The topological polar surface area (TPSA) is 132 Å². The van der Waals surface area contributed by atoms with Gasteiger partial charge in [0.1, 0.15) is 5.52 Å². The molecule has 3 aromatic rings. The van der Waals surface area contributed by atoms with Crippen molar-refractivity contribution in [1.82, 2.24) is 19.5 Å². The molecule has 0 aliphatic rings. The molecule has 0 amide bonds. The van der Waals surface area contributed by atoms with Crippen molar-refractivity contribution in [2.45, 2.75) is 38.8 Å². The second kappa shape index (κ2) is 11.2. The van der Waals surface area contributed by atoms with Gasteiger partial charge in [0.2, 0.25) is 5.88 Å². The van der Waals surface area contributed by atoms with Crippen LogP contribution in [0.5, 0.6) is 5.88 Å². The Morgan fingerprint density at radius 2 is 1.91 bits per heavy atom. The molecule has 3 heterocycles. The van der Waals surface area contributed by atoms with Gasteiger partial charge in [-0.1, -0.05) is 13.8 Å². The summed E-state index contributed by atoms with van der Waals surface area (Å²) in [5.41, 5.74) is 1.08. The fourth-order valence-electron chi connectivity index (χ4n) is 3.35. The Labute approximate surface area is 192 Å². The number of ether oxygens (including phenoxy) is 2. The van der Waals surface area contributed by atoms with E-state index >= 15 is 0 Å². The lowest BCUT2D eigenvalue weighted by Gasteiger charge is -2.30. The zero-order chi connectivity index (χ0) is 23.8. The number of pyridine rings is 2. The van der Waals surface area contributed by atoms with Crippen molar-refractivity contribution < 1.29 is 19.7 Å². The molecule has 0 aliphatic carbocycles. The first-order chi connectivity index (χ1) is 16.0. The molecule has 10 nitrogen and oxygen atoms in total. The molecule has 33 heavy (non-hydrogen) atoms. The second-order valence-corrected chi connectivity index (χ2v) is 7.75. The standard InChI is InChI=1S/C23H31N5O5/c1-4-9-33-10-8-28-19-11-17(16-6-7-20(32-3)25-12-16)24-13-18(19)26-21(22(28)31)27-23(5-2,14-29)15-30/h6-7,11-13,29-30H,4-5,8-10,14-15H2,1-3H3,(H,26,27). The molecule has 0 unspecified atom stereocenters. The highest BCUT2D eigenvalue weighted by atomic mass is 16.5. The number of aliphatic hydroxyl groups is 2. The summed E-state index contributed by atoms with van der Waals surface area (Å²) in [7, 11) is 1.55. The van der Waals surface area contributed by atoms with Gasteiger partial charge in [0.15, 0.2) is 5.82 Å². The lowest BCUT2D eigenvalue weighted by Crippen LogP contribution is -2.47. The largest absolute Gasteiger partial charge is 0.481 e. The first-order valence-electron chi connectivity index (χ1n) is 11.0. The lowest BCUT2D eigenvalue weighted by atomic mass is 9.98. The van der Waals surface area contributed by atoms with Gasteiger partial charge < -0.3 is 29.6 Å². The third-order valence-electron chi connectivity index (χ3n) is 5.55. The van der Waals surface area contributed by atoms with Crippen molar-refractivity contribution in [3.8, 4) is 17.1 Å². The van der Waals surface area contributed by atoms with Gasteiger partial charge in [0.05, 0.1) is 49.9 Å². The van der Waals surface area contributed by atoms with Crippen molar-refractivity contribution in [1.29, 1.82) is 0 Å². The van der Waals surface area contributed by atoms with E-state index in [0.717, 1.165) is 12.0 Å². The average molecular weight is 458 g/mol. The van der Waals surface area contributed by atoms with Crippen molar-refractivity contribution in [2.24, 2.45) is 0 Å². The zero-order valence-electron chi connectivity index (χ0n) is 19.2. The molecule has 0 bridgehead atoms. The number of fused-ring (bicyclic) bond motifs is 1. The molecule has 3 aromatic heterocycles. The summed E-state index contributed by atoms with van der Waals surface area (Å²) in [4.78, 5) is 26.6. The van der Waals surface area contributed by atoms with E-state index in [-0.39, 0.29) is 24.6 Å². The molecule has 0 spiro atoms. The number of aromatic nitrogens is 4. The Bertz CT molecular complexity index is 1100. The highest BCUT2D eigenvalue weighted by Gasteiger charge is 2.28. The fourth-order valence-corrected chi connectivity index (χ4v) is 3.35. The normalized spacial score (nSPS) is 11.7. The van der Waals surface area contributed by atoms with Crippen LogP contribution >= 0.6 is 0 Å². The van der Waals surface area contributed by atoms with Crippen LogP contribution in [0.4, 0.5) is 5.82 Å². The molecule has 0 atom stereocenters. The van der Waals surface area contributed by atoms with E-state index in [4.69, 9.17) is 9.47 Å². The van der Waals surface area contributed by atoms with Gasteiger partial charge in [-0.3, -0.25) is 9.78 Å². The summed E-state index contributed by atoms with van der Waals surface area (Å²) in [6.07, 6.45) is 4.53. The number of anilines is 1. The SMILES string of the molecule is CCCOCCn1c(=O)c(NC(CC)(CO)CO)nc2cnc(-c3ccc(OC)nc3)cc21. The van der Waals surface area contributed by atoms with Crippen LogP contribution in [0.3, 0.4) is 0 Å². The molecule has 178 valence electrons. The molecule has 3 N–H and O–H groups in total. The summed E-state index contributed by atoms with van der Waals surface area (Å²) < 4.78 is 12.3. The molecular weight excluding hydrogens is 426 g/mol. The van der Waals surface area contributed by atoms with Crippen molar-refractivity contribution in [3.05, 3.63) is 40.9 Å². The van der Waals surface area contributed by atoms with Gasteiger partial charge >= 0.3 is 0 Å². The van der Waals surface area contributed by atoms with Gasteiger partial charge in [0, 0.05) is 31.0 Å². The quantitative estimate of drug-likeness (QED) is 0.349. The summed E-state index contributed by atoms with van der Waals surface area (Å²) in [6, 6.07) is 5.38. The van der Waals surface area contributed by atoms with E-state index in [0.29, 0.717) is 48.8 Å². The Kier molecular flexibility index (Phi) is 8.32. The Balaban J connectivity index is 2.09. The van der Waals surface area contributed by atoms with Crippen LogP contribution in [0.25, 0.3) is 22.3 Å². The van der Waals surface area contributed by atoms with Gasteiger partial charge in [-0.15, -0.1) is 0 Å². The van der Waals surface area contributed by atoms with Gasteiger partial charge in [0.25, 0.3) is 5.56 Å². The Morgan fingerprint density at radius 3 is 2.52 bits per heavy atom. The number of aliphatic hydroxyl groups excluding tert-OH is 2. The molecular formula is C23H31N5O5. The van der Waals surface area contributed by atoms with E-state index in [1.807, 2.05) is 19.9 Å². The smallest absolute Gasteiger partial charge is 0.293 e. The van der Waals surface area contributed by atoms with Crippen LogP contribution in [0.1, 0.15) is 26.7 Å². The Hall–Kier alpha value is -3.08. The monoisotopic (exact) mass is 457 g/mol. The van der Waals surface area contributed by atoms with Crippen molar-refractivity contribution >= 4 is 16.9 Å². The van der Waals surface area contributed by atoms with Gasteiger partial charge in [-0.2, -0.15) is 0 Å². The van der Waals surface area contributed by atoms with E-state index in [9.17, 15) is 15.0 Å². The predicted octanol–water partition coefficient (Wildman–Crippen LogP) is 1.83. The summed E-state index contributed by atoms with van der Waals surface area (Å²) in [5.74, 6) is 0.540. The molecule has 3 rings (SSSR count).